The van der Waals surface area contributed by atoms with E-state index in [0.29, 0.717) is 18.0 Å². The number of fused-ring (bicyclic) bond motifs is 1. The van der Waals surface area contributed by atoms with Crippen molar-refractivity contribution in [2.75, 3.05) is 17.6 Å². The number of sulfonamides is 1. The Morgan fingerprint density at radius 2 is 2.00 bits per heavy atom. The molecule has 7 nitrogen and oxygen atoms in total. The second-order valence-electron chi connectivity index (χ2n) is 6.41. The van der Waals surface area contributed by atoms with Gasteiger partial charge in [0.1, 0.15) is 5.75 Å². The first-order valence-electron chi connectivity index (χ1n) is 8.50. The molecular weight excluding hydrogens is 352 g/mol. The third-order valence-electron chi connectivity index (χ3n) is 4.64. The van der Waals surface area contributed by atoms with Gasteiger partial charge in [-0.25, -0.2) is 8.42 Å². The van der Waals surface area contributed by atoms with Crippen LogP contribution in [0.1, 0.15) is 38.7 Å². The van der Waals surface area contributed by atoms with Crippen molar-refractivity contribution in [3.05, 3.63) is 37.1 Å². The second kappa shape index (κ2) is 7.90. The van der Waals surface area contributed by atoms with E-state index in [9.17, 15) is 8.42 Å². The van der Waals surface area contributed by atoms with Crippen LogP contribution in [0.15, 0.2) is 31.5 Å². The number of nitrogens with zero attached hydrogens (tertiary/aromatic N) is 3. The molecular formula is C18H26N4O3S. The number of nitrogens with one attached hydrogen (secondary N) is 1. The van der Waals surface area contributed by atoms with Crippen LogP contribution in [-0.2, 0) is 10.0 Å². The predicted molar refractivity (Wildman–Crippen MR) is 105 cm³/mol. The zero-order valence-electron chi connectivity index (χ0n) is 15.5. The van der Waals surface area contributed by atoms with Gasteiger partial charge >= 0.3 is 0 Å². The van der Waals surface area contributed by atoms with Gasteiger partial charge in [-0.15, -0.1) is 16.8 Å². The van der Waals surface area contributed by atoms with Crippen LogP contribution in [-0.4, -0.2) is 35.9 Å². The van der Waals surface area contributed by atoms with Crippen LogP contribution in [0.5, 0.6) is 5.75 Å². The molecule has 0 aliphatic rings. The highest BCUT2D eigenvalue weighted by Crippen LogP contribution is 2.33. The summed E-state index contributed by atoms with van der Waals surface area (Å²) in [5.74, 6) is 0.765. The highest BCUT2D eigenvalue weighted by atomic mass is 32.2. The smallest absolute Gasteiger partial charge is 0.242 e. The third kappa shape index (κ3) is 4.43. The van der Waals surface area contributed by atoms with Gasteiger partial charge < -0.3 is 4.74 Å². The van der Waals surface area contributed by atoms with E-state index < -0.39 is 10.0 Å². The first kappa shape index (κ1) is 20.0. The van der Waals surface area contributed by atoms with Crippen LogP contribution >= 0.6 is 0 Å². The Kier molecular flexibility index (Phi) is 6.07. The number of pyridine rings is 1. The third-order valence-corrected chi connectivity index (χ3v) is 5.20. The minimum absolute atomic E-state index is 0.0307. The van der Waals surface area contributed by atoms with Gasteiger partial charge in [-0.2, -0.15) is 0 Å². The average Bonchev–Trinajstić information content (AvgIpc) is 2.98. The van der Waals surface area contributed by atoms with E-state index >= 15 is 0 Å². The predicted octanol–water partition coefficient (Wildman–Crippen LogP) is 3.51. The molecule has 0 amide bonds. The number of rotatable bonds is 10. The maximum absolute atomic E-state index is 11.5. The number of aromatic nitrogens is 3. The summed E-state index contributed by atoms with van der Waals surface area (Å²) in [5, 5.41) is 7.90. The van der Waals surface area contributed by atoms with Gasteiger partial charge in [0.2, 0.25) is 16.0 Å². The molecule has 2 heterocycles. The van der Waals surface area contributed by atoms with E-state index in [4.69, 9.17) is 4.74 Å². The molecule has 26 heavy (non-hydrogen) atoms. The topological polar surface area (TPSA) is 85.6 Å². The van der Waals surface area contributed by atoms with Gasteiger partial charge in [-0.05, 0) is 19.3 Å². The normalized spacial score (nSPS) is 12.1. The molecule has 2 aromatic rings. The van der Waals surface area contributed by atoms with Crippen molar-refractivity contribution < 1.29 is 13.2 Å². The molecule has 142 valence electrons. The quantitative estimate of drug-likeness (QED) is 0.640. The molecule has 0 unspecified atom stereocenters. The van der Waals surface area contributed by atoms with E-state index in [0.717, 1.165) is 31.1 Å². The van der Waals surface area contributed by atoms with Gasteiger partial charge in [0.05, 0.1) is 12.9 Å². The summed E-state index contributed by atoms with van der Waals surface area (Å²) in [4.78, 5) is 0. The molecule has 0 saturated heterocycles. The Balaban J connectivity index is 2.36. The molecule has 0 fully saturated rings. The molecule has 0 spiro atoms. The monoisotopic (exact) mass is 378 g/mol. The molecule has 0 aromatic carbocycles. The lowest BCUT2D eigenvalue weighted by Gasteiger charge is -2.30. The van der Waals surface area contributed by atoms with Crippen LogP contribution in [0.4, 0.5) is 5.95 Å². The van der Waals surface area contributed by atoms with E-state index in [1.807, 2.05) is 6.08 Å². The molecule has 2 aromatic heterocycles. The number of ether oxygens (including phenoxy) is 1. The van der Waals surface area contributed by atoms with Crippen molar-refractivity contribution in [3.63, 3.8) is 0 Å². The van der Waals surface area contributed by atoms with Crippen LogP contribution in [0.25, 0.3) is 11.7 Å². The van der Waals surface area contributed by atoms with E-state index in [1.54, 1.807) is 22.7 Å². The molecule has 8 heteroatoms. The van der Waals surface area contributed by atoms with Crippen LogP contribution in [0.3, 0.4) is 0 Å². The van der Waals surface area contributed by atoms with Crippen molar-refractivity contribution in [2.45, 2.75) is 33.1 Å². The minimum Gasteiger partial charge on any atom is -0.492 e. The molecule has 0 aliphatic heterocycles. The highest BCUT2D eigenvalue weighted by Gasteiger charge is 2.26. The summed E-state index contributed by atoms with van der Waals surface area (Å²) in [6.07, 6.45) is 9.19. The van der Waals surface area contributed by atoms with Crippen molar-refractivity contribution in [2.24, 2.45) is 5.41 Å². The van der Waals surface area contributed by atoms with Gasteiger partial charge in [0.15, 0.2) is 5.65 Å². The van der Waals surface area contributed by atoms with Crippen molar-refractivity contribution in [3.8, 4) is 5.75 Å². The summed E-state index contributed by atoms with van der Waals surface area (Å²) in [5.41, 5.74) is 1.25. The largest absolute Gasteiger partial charge is 0.492 e. The molecule has 0 radical (unpaired) electrons. The fraction of sp³-hybridized carbons (Fsp3) is 0.444. The lowest BCUT2D eigenvalue weighted by molar-refractivity contribution is 0.135. The maximum Gasteiger partial charge on any atom is 0.242 e. The maximum atomic E-state index is 11.5. The minimum atomic E-state index is -3.45. The first-order valence-corrected chi connectivity index (χ1v) is 10.4. The summed E-state index contributed by atoms with van der Waals surface area (Å²) in [6, 6.07) is 1.74. The first-order chi connectivity index (χ1) is 12.3. The summed E-state index contributed by atoms with van der Waals surface area (Å²) < 4.78 is 32.9. The van der Waals surface area contributed by atoms with Crippen molar-refractivity contribution in [1.29, 1.82) is 0 Å². The molecule has 2 rings (SSSR count). The second-order valence-corrected chi connectivity index (χ2v) is 8.16. The SMILES string of the molecule is C=CCC(CC)(CC)COc1cc2nnc(NS(C)(=O)=O)n2cc1C=C. The Morgan fingerprint density at radius 1 is 1.31 bits per heavy atom. The van der Waals surface area contributed by atoms with Crippen LogP contribution in [0, 0.1) is 5.41 Å². The Hall–Kier alpha value is -2.35. The lowest BCUT2D eigenvalue weighted by atomic mass is 9.80. The van der Waals surface area contributed by atoms with Gasteiger partial charge in [-0.3, -0.25) is 9.12 Å². The number of hydrogen-bond acceptors (Lipinski definition) is 5. The van der Waals surface area contributed by atoms with Crippen LogP contribution in [0.2, 0.25) is 0 Å². The Morgan fingerprint density at radius 3 is 2.54 bits per heavy atom. The van der Waals surface area contributed by atoms with E-state index in [1.165, 1.54) is 0 Å². The van der Waals surface area contributed by atoms with Crippen molar-refractivity contribution in [1.82, 2.24) is 14.6 Å². The fourth-order valence-electron chi connectivity index (χ4n) is 2.78. The van der Waals surface area contributed by atoms with E-state index in [-0.39, 0.29) is 11.4 Å². The van der Waals surface area contributed by atoms with Crippen molar-refractivity contribution >= 4 is 27.7 Å². The summed E-state index contributed by atoms with van der Waals surface area (Å²) >= 11 is 0. The van der Waals surface area contributed by atoms with Gasteiger partial charge in [0, 0.05) is 23.2 Å². The number of hydrogen-bond donors (Lipinski definition) is 1. The molecule has 0 bridgehead atoms. The van der Waals surface area contributed by atoms with Gasteiger partial charge in [-0.1, -0.05) is 32.6 Å². The van der Waals surface area contributed by atoms with Crippen LogP contribution < -0.4 is 9.46 Å². The highest BCUT2D eigenvalue weighted by molar-refractivity contribution is 7.91. The molecule has 0 atom stereocenters. The number of allylic oxidation sites excluding steroid dienone is 1. The van der Waals surface area contributed by atoms with E-state index in [2.05, 4.69) is 41.9 Å². The standard InChI is InChI=1S/C18H26N4O3S/c1-6-10-18(8-3,9-4)13-25-15-11-16-19-20-17(21-26(5,23)24)22(16)12-14(15)7-2/h6-7,11-12H,1-2,8-10,13H2,3-5H3,(H,20,21). The average molecular weight is 378 g/mol. The lowest BCUT2D eigenvalue weighted by Crippen LogP contribution is -2.27. The number of anilines is 1. The Bertz CT molecular complexity index is 899. The molecule has 1 N–H and O–H groups in total. The molecule has 0 saturated carbocycles. The summed E-state index contributed by atoms with van der Waals surface area (Å²) in [6.45, 7) is 12.5. The van der Waals surface area contributed by atoms with Gasteiger partial charge in [0.25, 0.3) is 0 Å². The summed E-state index contributed by atoms with van der Waals surface area (Å²) in [7, 11) is -3.45. The Labute approximate surface area is 154 Å². The fourth-order valence-corrected chi connectivity index (χ4v) is 3.26. The zero-order chi connectivity index (χ0) is 19.4. The molecule has 0 aliphatic carbocycles. The zero-order valence-corrected chi connectivity index (χ0v) is 16.3.